The Kier molecular flexibility index (Phi) is 8.86. The highest BCUT2D eigenvalue weighted by Crippen LogP contribution is 2.26. The molecule has 11 heteroatoms. The quantitative estimate of drug-likeness (QED) is 0.360. The molecule has 0 spiro atoms. The van der Waals surface area contributed by atoms with E-state index in [0.717, 1.165) is 51.9 Å². The minimum Gasteiger partial charge on any atom is -0.469 e. The standard InChI is InChI=1S/C21H35N7O4/c1-4-5-12-32-20-25-18(22)17-19(26-20)28(21(24-17)31-3)10-7-6-9-27-11-8-23-14-15(27)13-16(29)30-2/h15,23H,4-14H2,1-3H3,(H2,22,25,26). The summed E-state index contributed by atoms with van der Waals surface area (Å²) in [6, 6.07) is 0.881. The van der Waals surface area contributed by atoms with Crippen LogP contribution in [0.15, 0.2) is 0 Å². The number of fused-ring (bicyclic) bond motifs is 1. The number of hydrogen-bond donors (Lipinski definition) is 2. The number of unbranched alkanes of at least 4 members (excludes halogenated alkanes) is 2. The SMILES string of the molecule is CCCCOc1nc(N)c2nc(OC)n(CCCCN3CCNCC3CC(=O)OC)c2n1. The van der Waals surface area contributed by atoms with Crippen LogP contribution in [-0.4, -0.2) is 83.4 Å². The average molecular weight is 450 g/mol. The molecule has 1 unspecified atom stereocenters. The molecule has 2 aromatic heterocycles. The van der Waals surface area contributed by atoms with Crippen molar-refractivity contribution in [1.82, 2.24) is 29.7 Å². The number of nitrogens with one attached hydrogen (secondary N) is 1. The Morgan fingerprint density at radius 1 is 1.19 bits per heavy atom. The maximum atomic E-state index is 11.7. The maximum absolute atomic E-state index is 11.7. The topological polar surface area (TPSA) is 130 Å². The number of hydrogen-bond acceptors (Lipinski definition) is 10. The fourth-order valence-electron chi connectivity index (χ4n) is 3.87. The smallest absolute Gasteiger partial charge is 0.320 e. The van der Waals surface area contributed by atoms with Gasteiger partial charge in [0, 0.05) is 32.2 Å². The van der Waals surface area contributed by atoms with Gasteiger partial charge in [0.05, 0.1) is 27.2 Å². The van der Waals surface area contributed by atoms with E-state index in [1.807, 2.05) is 4.57 Å². The first-order valence-corrected chi connectivity index (χ1v) is 11.3. The summed E-state index contributed by atoms with van der Waals surface area (Å²) in [5.41, 5.74) is 7.24. The number of nitrogens with zero attached hydrogens (tertiary/aromatic N) is 5. The Morgan fingerprint density at radius 2 is 2.00 bits per heavy atom. The van der Waals surface area contributed by atoms with E-state index in [0.29, 0.717) is 36.7 Å². The highest BCUT2D eigenvalue weighted by atomic mass is 16.5. The largest absolute Gasteiger partial charge is 0.469 e. The summed E-state index contributed by atoms with van der Waals surface area (Å²) in [7, 11) is 3.01. The number of nitrogens with two attached hydrogens (primary N) is 1. The van der Waals surface area contributed by atoms with Crippen molar-refractivity contribution in [3.8, 4) is 12.0 Å². The van der Waals surface area contributed by atoms with Crippen molar-refractivity contribution >= 4 is 23.0 Å². The molecule has 0 radical (unpaired) electrons. The molecule has 0 amide bonds. The van der Waals surface area contributed by atoms with Gasteiger partial charge >= 0.3 is 12.0 Å². The van der Waals surface area contributed by atoms with E-state index in [9.17, 15) is 4.79 Å². The predicted molar refractivity (Wildman–Crippen MR) is 121 cm³/mol. The molecule has 0 aliphatic carbocycles. The fourth-order valence-corrected chi connectivity index (χ4v) is 3.87. The van der Waals surface area contributed by atoms with E-state index >= 15 is 0 Å². The zero-order valence-electron chi connectivity index (χ0n) is 19.3. The van der Waals surface area contributed by atoms with Gasteiger partial charge in [0.2, 0.25) is 0 Å². The van der Waals surface area contributed by atoms with E-state index in [-0.39, 0.29) is 23.8 Å². The number of esters is 1. The number of aryl methyl sites for hydroxylation is 1. The number of carbonyl (C=O) groups is 1. The van der Waals surface area contributed by atoms with Gasteiger partial charge in [-0.05, 0) is 25.8 Å². The molecule has 1 saturated heterocycles. The van der Waals surface area contributed by atoms with Gasteiger partial charge in [0.1, 0.15) is 0 Å². The van der Waals surface area contributed by atoms with Crippen molar-refractivity contribution in [2.45, 2.75) is 51.6 Å². The Hall–Kier alpha value is -2.66. The number of rotatable bonds is 12. The van der Waals surface area contributed by atoms with Crippen molar-refractivity contribution in [3.63, 3.8) is 0 Å². The van der Waals surface area contributed by atoms with Gasteiger partial charge in [-0.1, -0.05) is 13.3 Å². The van der Waals surface area contributed by atoms with E-state index in [1.54, 1.807) is 7.11 Å². The second kappa shape index (κ2) is 11.8. The lowest BCUT2D eigenvalue weighted by Crippen LogP contribution is -2.52. The first-order valence-electron chi connectivity index (χ1n) is 11.3. The molecule has 0 saturated carbocycles. The Labute approximate surface area is 188 Å². The van der Waals surface area contributed by atoms with Gasteiger partial charge < -0.3 is 25.3 Å². The average Bonchev–Trinajstić information content (AvgIpc) is 3.16. The van der Waals surface area contributed by atoms with Gasteiger partial charge in [-0.25, -0.2) is 0 Å². The number of anilines is 1. The van der Waals surface area contributed by atoms with Crippen molar-refractivity contribution in [3.05, 3.63) is 0 Å². The molecule has 11 nitrogen and oxygen atoms in total. The van der Waals surface area contributed by atoms with Crippen LogP contribution in [0.4, 0.5) is 5.82 Å². The van der Waals surface area contributed by atoms with Crippen LogP contribution in [-0.2, 0) is 16.1 Å². The summed E-state index contributed by atoms with van der Waals surface area (Å²) in [6.07, 6.45) is 4.21. The van der Waals surface area contributed by atoms with Gasteiger partial charge in [-0.3, -0.25) is 14.3 Å². The molecular formula is C21H35N7O4. The first-order chi connectivity index (χ1) is 15.6. The van der Waals surface area contributed by atoms with Crippen LogP contribution in [0.25, 0.3) is 11.2 Å². The number of imidazole rings is 1. The number of piperazine rings is 1. The molecule has 0 bridgehead atoms. The van der Waals surface area contributed by atoms with Crippen molar-refractivity contribution in [1.29, 1.82) is 0 Å². The fraction of sp³-hybridized carbons (Fsp3) is 0.714. The Morgan fingerprint density at radius 3 is 2.75 bits per heavy atom. The van der Waals surface area contributed by atoms with E-state index in [1.165, 1.54) is 7.11 Å². The van der Waals surface area contributed by atoms with Crippen LogP contribution in [0.1, 0.15) is 39.0 Å². The van der Waals surface area contributed by atoms with Crippen LogP contribution in [0.3, 0.4) is 0 Å². The van der Waals surface area contributed by atoms with E-state index in [2.05, 4.69) is 32.1 Å². The molecule has 178 valence electrons. The second-order valence-electron chi connectivity index (χ2n) is 7.90. The molecule has 3 rings (SSSR count). The summed E-state index contributed by atoms with van der Waals surface area (Å²) >= 11 is 0. The minimum atomic E-state index is -0.174. The number of nitrogen functional groups attached to an aromatic ring is 1. The zero-order valence-corrected chi connectivity index (χ0v) is 19.3. The molecule has 1 fully saturated rings. The summed E-state index contributed by atoms with van der Waals surface area (Å²) in [6.45, 7) is 6.87. The van der Waals surface area contributed by atoms with E-state index in [4.69, 9.17) is 19.9 Å². The van der Waals surface area contributed by atoms with Crippen LogP contribution < -0.4 is 20.5 Å². The maximum Gasteiger partial charge on any atom is 0.320 e. The molecule has 3 N–H and O–H groups in total. The molecule has 1 aliphatic heterocycles. The number of methoxy groups -OCH3 is 2. The van der Waals surface area contributed by atoms with Crippen LogP contribution in [0.2, 0.25) is 0 Å². The van der Waals surface area contributed by atoms with Crippen molar-refractivity contribution in [2.24, 2.45) is 0 Å². The van der Waals surface area contributed by atoms with Crippen LogP contribution in [0.5, 0.6) is 12.0 Å². The number of carbonyl (C=O) groups excluding carboxylic acids is 1. The van der Waals surface area contributed by atoms with Gasteiger partial charge in [-0.2, -0.15) is 15.0 Å². The Balaban J connectivity index is 1.63. The lowest BCUT2D eigenvalue weighted by atomic mass is 10.1. The van der Waals surface area contributed by atoms with Gasteiger partial charge in [0.25, 0.3) is 6.01 Å². The van der Waals surface area contributed by atoms with Crippen molar-refractivity contribution in [2.75, 3.05) is 52.7 Å². The monoisotopic (exact) mass is 449 g/mol. The summed E-state index contributed by atoms with van der Waals surface area (Å²) in [4.78, 5) is 27.3. The first kappa shape index (κ1) is 24.0. The van der Waals surface area contributed by atoms with Crippen LogP contribution >= 0.6 is 0 Å². The van der Waals surface area contributed by atoms with Gasteiger partial charge in [0.15, 0.2) is 17.0 Å². The third-order valence-electron chi connectivity index (χ3n) is 5.66. The molecule has 3 heterocycles. The molecule has 1 atom stereocenters. The molecule has 32 heavy (non-hydrogen) atoms. The third-order valence-corrected chi connectivity index (χ3v) is 5.66. The van der Waals surface area contributed by atoms with E-state index < -0.39 is 0 Å². The zero-order chi connectivity index (χ0) is 22.9. The summed E-state index contributed by atoms with van der Waals surface area (Å²) < 4.78 is 17.9. The molecule has 1 aliphatic rings. The lowest BCUT2D eigenvalue weighted by Gasteiger charge is -2.35. The predicted octanol–water partition coefficient (Wildman–Crippen LogP) is 1.21. The summed E-state index contributed by atoms with van der Waals surface area (Å²) in [5, 5.41) is 3.35. The number of aromatic nitrogens is 4. The molecule has 2 aromatic rings. The highest BCUT2D eigenvalue weighted by molar-refractivity contribution is 5.83. The minimum absolute atomic E-state index is 0.162. The molecular weight excluding hydrogens is 414 g/mol. The Bertz CT molecular complexity index is 889. The summed E-state index contributed by atoms with van der Waals surface area (Å²) in [5.74, 6) is 0.109. The van der Waals surface area contributed by atoms with Crippen LogP contribution in [0, 0.1) is 0 Å². The van der Waals surface area contributed by atoms with Gasteiger partial charge in [-0.15, -0.1) is 0 Å². The lowest BCUT2D eigenvalue weighted by molar-refractivity contribution is -0.142. The van der Waals surface area contributed by atoms with Crippen molar-refractivity contribution < 1.29 is 19.0 Å². The molecule has 0 aromatic carbocycles. The third kappa shape index (κ3) is 5.98. The number of ether oxygens (including phenoxy) is 3. The highest BCUT2D eigenvalue weighted by Gasteiger charge is 2.24. The second-order valence-corrected chi connectivity index (χ2v) is 7.90. The normalized spacial score (nSPS) is 16.9.